The van der Waals surface area contributed by atoms with E-state index in [1.807, 2.05) is 35.7 Å². The number of rotatable bonds is 4. The number of halogens is 1. The average Bonchev–Trinajstić information content (AvgIpc) is 3.13. The van der Waals surface area contributed by atoms with E-state index in [9.17, 15) is 0 Å². The molecule has 5 rings (SSSR count). The largest absolute Gasteiger partial charge is 0.493 e. The normalized spacial score (nSPS) is 14.1. The molecule has 1 N–H and O–H groups in total. The highest BCUT2D eigenvalue weighted by molar-refractivity contribution is 14.0. The number of nitrogens with zero attached hydrogens (tertiary/aromatic N) is 6. The number of hydrogen-bond donors (Lipinski definition) is 1. The second-order valence-corrected chi connectivity index (χ2v) is 7.36. The third-order valence-corrected chi connectivity index (χ3v) is 5.05. The highest BCUT2D eigenvalue weighted by Gasteiger charge is 2.18. The molecule has 0 amide bonds. The molecule has 0 bridgehead atoms. The molecular formula is C21H30IN7O2. The third kappa shape index (κ3) is 5.54. The van der Waals surface area contributed by atoms with Gasteiger partial charge in [0.1, 0.15) is 12.9 Å². The first-order chi connectivity index (χ1) is 14.6. The van der Waals surface area contributed by atoms with Gasteiger partial charge in [0.2, 0.25) is 5.95 Å². The van der Waals surface area contributed by atoms with Crippen molar-refractivity contribution >= 4 is 41.4 Å². The third-order valence-electron chi connectivity index (χ3n) is 5.05. The Hall–Kier alpha value is -2.63. The van der Waals surface area contributed by atoms with Gasteiger partial charge >= 0.3 is 0 Å². The van der Waals surface area contributed by atoms with Gasteiger partial charge in [-0.05, 0) is 6.92 Å². The summed E-state index contributed by atoms with van der Waals surface area (Å²) in [6.07, 6.45) is 13.0. The van der Waals surface area contributed by atoms with E-state index in [0.717, 1.165) is 23.7 Å². The van der Waals surface area contributed by atoms with Crippen molar-refractivity contribution in [2.24, 2.45) is 0 Å². The number of aryl methyl sites for hydroxylation is 1. The Labute approximate surface area is 200 Å². The number of pyridine rings is 1. The molecule has 31 heavy (non-hydrogen) atoms. The number of fused-ring (bicyclic) bond motifs is 1. The second-order valence-electron chi connectivity index (χ2n) is 7.36. The molecule has 9 nitrogen and oxygen atoms in total. The van der Waals surface area contributed by atoms with E-state index < -0.39 is 0 Å². The Kier molecular flexibility index (Phi) is 7.88. The van der Waals surface area contributed by atoms with Crippen LogP contribution in [0.15, 0.2) is 31.0 Å². The topological polar surface area (TPSA) is 90.2 Å². The van der Waals surface area contributed by atoms with Crippen LogP contribution in [0, 0.1) is 6.92 Å². The predicted molar refractivity (Wildman–Crippen MR) is 133 cm³/mol. The van der Waals surface area contributed by atoms with Crippen LogP contribution in [0.3, 0.4) is 0 Å². The van der Waals surface area contributed by atoms with Crippen LogP contribution in [0.25, 0.3) is 5.82 Å². The summed E-state index contributed by atoms with van der Waals surface area (Å²) in [6.45, 7) is 3.35. The van der Waals surface area contributed by atoms with Gasteiger partial charge in [0.25, 0.3) is 0 Å². The van der Waals surface area contributed by atoms with E-state index in [1.54, 1.807) is 25.8 Å². The summed E-state index contributed by atoms with van der Waals surface area (Å²) >= 11 is 0. The van der Waals surface area contributed by atoms with Crippen LogP contribution in [0.5, 0.6) is 11.5 Å². The van der Waals surface area contributed by atoms with E-state index in [2.05, 4.69) is 25.3 Å². The number of aromatic nitrogens is 5. The standard InChI is InChI=1S/C17H19N7O2.C4H8.HI.H2/c1-11-9-24(10-20-11)15-13(25-3)6-12(7-18-15)21-17-19-8-14-16(22-17)23(2)4-5-26-14;1-2-4-3-1;;/h6-10H,4-5H2,1-3H3,(H,19,21,22);1-4H2;2*1H. The van der Waals surface area contributed by atoms with Crippen LogP contribution >= 0.6 is 24.0 Å². The number of methoxy groups -OCH3 is 1. The van der Waals surface area contributed by atoms with Crippen LogP contribution in [0.1, 0.15) is 32.8 Å². The number of nitrogens with one attached hydrogen (secondary N) is 1. The molecule has 1 aliphatic heterocycles. The predicted octanol–water partition coefficient (Wildman–Crippen LogP) is 4.37. The Morgan fingerprint density at radius 2 is 1.87 bits per heavy atom. The highest BCUT2D eigenvalue weighted by Crippen LogP contribution is 2.30. The second kappa shape index (κ2) is 10.6. The van der Waals surface area contributed by atoms with Gasteiger partial charge in [-0.2, -0.15) is 4.98 Å². The lowest BCUT2D eigenvalue weighted by atomic mass is 10.0. The minimum atomic E-state index is 0. The van der Waals surface area contributed by atoms with E-state index >= 15 is 0 Å². The van der Waals surface area contributed by atoms with Gasteiger partial charge in [-0.25, -0.2) is 15.0 Å². The molecule has 1 aliphatic carbocycles. The van der Waals surface area contributed by atoms with Gasteiger partial charge < -0.3 is 19.7 Å². The Bertz CT molecular complexity index is 1010. The van der Waals surface area contributed by atoms with Crippen LogP contribution in [-0.2, 0) is 0 Å². The maximum absolute atomic E-state index is 5.57. The summed E-state index contributed by atoms with van der Waals surface area (Å²) < 4.78 is 12.9. The molecule has 0 aromatic carbocycles. The van der Waals surface area contributed by atoms with Crippen molar-refractivity contribution < 1.29 is 10.9 Å². The summed E-state index contributed by atoms with van der Waals surface area (Å²) in [5.74, 6) is 3.20. The molecule has 168 valence electrons. The van der Waals surface area contributed by atoms with Crippen molar-refractivity contribution in [3.8, 4) is 17.3 Å². The summed E-state index contributed by atoms with van der Waals surface area (Å²) in [6, 6.07) is 1.85. The molecule has 4 heterocycles. The molecule has 2 aliphatic rings. The molecule has 0 saturated heterocycles. The van der Waals surface area contributed by atoms with Crippen LogP contribution < -0.4 is 19.7 Å². The summed E-state index contributed by atoms with van der Waals surface area (Å²) in [4.78, 5) is 19.6. The Balaban J connectivity index is 0.000000547. The first-order valence-electron chi connectivity index (χ1n) is 10.2. The molecule has 0 radical (unpaired) electrons. The van der Waals surface area contributed by atoms with Crippen LogP contribution in [0.4, 0.5) is 17.5 Å². The monoisotopic (exact) mass is 539 g/mol. The smallest absolute Gasteiger partial charge is 0.229 e. The van der Waals surface area contributed by atoms with Crippen molar-refractivity contribution in [3.05, 3.63) is 36.7 Å². The quantitative estimate of drug-likeness (QED) is 0.489. The number of hydrogen-bond acceptors (Lipinski definition) is 8. The van der Waals surface area contributed by atoms with E-state index in [-0.39, 0.29) is 25.4 Å². The number of anilines is 3. The fraction of sp³-hybridized carbons (Fsp3) is 0.429. The van der Waals surface area contributed by atoms with Gasteiger partial charge in [0, 0.05) is 20.7 Å². The van der Waals surface area contributed by atoms with Gasteiger partial charge in [-0.1, -0.05) is 25.7 Å². The van der Waals surface area contributed by atoms with Crippen LogP contribution in [0.2, 0.25) is 0 Å². The zero-order valence-electron chi connectivity index (χ0n) is 18.0. The SMILES string of the molecule is C1CCC1.COc1cc(Nc2ncc3c(n2)N(C)CCO3)cnc1-n1cnc(C)c1.I.[HH]. The van der Waals surface area contributed by atoms with E-state index in [1.165, 1.54) is 25.7 Å². The van der Waals surface area contributed by atoms with E-state index in [0.29, 0.717) is 29.9 Å². The van der Waals surface area contributed by atoms with Crippen molar-refractivity contribution in [1.29, 1.82) is 0 Å². The molecule has 1 fully saturated rings. The molecule has 10 heteroatoms. The molecule has 0 atom stereocenters. The molecule has 3 aromatic heterocycles. The molecule has 0 spiro atoms. The molecule has 1 saturated carbocycles. The maximum atomic E-state index is 5.57. The molecule has 3 aromatic rings. The lowest BCUT2D eigenvalue weighted by molar-refractivity contribution is 0.307. The van der Waals surface area contributed by atoms with Crippen molar-refractivity contribution in [2.45, 2.75) is 32.6 Å². The zero-order chi connectivity index (χ0) is 20.9. The number of likely N-dealkylation sites (N-methyl/N-ethyl adjacent to an activating group) is 1. The van der Waals surface area contributed by atoms with Gasteiger partial charge in [0.15, 0.2) is 23.1 Å². The summed E-state index contributed by atoms with van der Waals surface area (Å²) in [5.41, 5.74) is 1.63. The number of ether oxygens (including phenoxy) is 2. The Morgan fingerprint density at radius 3 is 2.52 bits per heavy atom. The first-order valence-corrected chi connectivity index (χ1v) is 10.2. The maximum Gasteiger partial charge on any atom is 0.229 e. The van der Waals surface area contributed by atoms with Gasteiger partial charge in [-0.15, -0.1) is 24.0 Å². The van der Waals surface area contributed by atoms with Crippen molar-refractivity contribution in [1.82, 2.24) is 24.5 Å². The molecular weight excluding hydrogens is 509 g/mol. The average molecular weight is 539 g/mol. The first kappa shape index (κ1) is 23.0. The summed E-state index contributed by atoms with van der Waals surface area (Å²) in [7, 11) is 3.58. The van der Waals surface area contributed by atoms with E-state index in [4.69, 9.17) is 9.47 Å². The fourth-order valence-corrected chi connectivity index (χ4v) is 2.96. The summed E-state index contributed by atoms with van der Waals surface area (Å²) in [5, 5.41) is 3.16. The minimum Gasteiger partial charge on any atom is -0.493 e. The lowest BCUT2D eigenvalue weighted by Crippen LogP contribution is -2.30. The van der Waals surface area contributed by atoms with Gasteiger partial charge in [-0.3, -0.25) is 4.57 Å². The molecule has 0 unspecified atom stereocenters. The Morgan fingerprint density at radius 1 is 1.10 bits per heavy atom. The minimum absolute atomic E-state index is 0. The van der Waals surface area contributed by atoms with Crippen molar-refractivity contribution in [2.75, 3.05) is 37.5 Å². The van der Waals surface area contributed by atoms with Gasteiger partial charge in [0.05, 0.1) is 37.4 Å². The number of imidazole rings is 1. The van der Waals surface area contributed by atoms with Crippen LogP contribution in [-0.4, -0.2) is 51.8 Å². The lowest BCUT2D eigenvalue weighted by Gasteiger charge is -2.26. The zero-order valence-corrected chi connectivity index (χ0v) is 20.4. The highest BCUT2D eigenvalue weighted by atomic mass is 127. The van der Waals surface area contributed by atoms with Crippen molar-refractivity contribution in [3.63, 3.8) is 0 Å². The fourth-order valence-electron chi connectivity index (χ4n) is 2.96.